The topological polar surface area (TPSA) is 97.8 Å². The SMILES string of the molecule is Cc1cccc(COc2ccc(/C(O)=C3/C(=O)C(=O)N(CCCn4ccnc4)C3c3ccco3)cc2)c1. The van der Waals surface area contributed by atoms with Crippen molar-refractivity contribution >= 4 is 17.4 Å². The number of aliphatic hydroxyl groups excluding tert-OH is 1. The summed E-state index contributed by atoms with van der Waals surface area (Å²) < 4.78 is 13.4. The van der Waals surface area contributed by atoms with Crippen LogP contribution in [-0.4, -0.2) is 37.8 Å². The molecule has 0 saturated carbocycles. The summed E-state index contributed by atoms with van der Waals surface area (Å²) in [5, 5.41) is 11.2. The van der Waals surface area contributed by atoms with Gasteiger partial charge in [0.15, 0.2) is 0 Å². The van der Waals surface area contributed by atoms with E-state index in [4.69, 9.17) is 9.15 Å². The van der Waals surface area contributed by atoms with Crippen molar-refractivity contribution in [3.05, 3.63) is 114 Å². The molecule has 5 rings (SSSR count). The van der Waals surface area contributed by atoms with Crippen LogP contribution in [0.5, 0.6) is 5.75 Å². The molecule has 0 aliphatic carbocycles. The highest BCUT2D eigenvalue weighted by atomic mass is 16.5. The molecule has 0 spiro atoms. The fourth-order valence-electron chi connectivity index (χ4n) is 4.53. The third-order valence-corrected chi connectivity index (χ3v) is 6.34. The summed E-state index contributed by atoms with van der Waals surface area (Å²) in [6, 6.07) is 17.5. The molecule has 3 heterocycles. The number of imidazole rings is 1. The van der Waals surface area contributed by atoms with Crippen LogP contribution in [0, 0.1) is 6.92 Å². The molecule has 37 heavy (non-hydrogen) atoms. The molecule has 1 atom stereocenters. The van der Waals surface area contributed by atoms with E-state index in [-0.39, 0.29) is 11.3 Å². The maximum atomic E-state index is 13.1. The van der Waals surface area contributed by atoms with Crippen molar-refractivity contribution in [3.8, 4) is 5.75 Å². The first-order valence-electron chi connectivity index (χ1n) is 12.1. The van der Waals surface area contributed by atoms with Crippen LogP contribution in [0.4, 0.5) is 0 Å². The van der Waals surface area contributed by atoms with Crippen LogP contribution in [0.2, 0.25) is 0 Å². The number of ether oxygens (including phenoxy) is 1. The first-order valence-corrected chi connectivity index (χ1v) is 12.1. The number of ketones is 1. The van der Waals surface area contributed by atoms with Crippen molar-refractivity contribution in [2.24, 2.45) is 0 Å². The van der Waals surface area contributed by atoms with Crippen LogP contribution < -0.4 is 4.74 Å². The highest BCUT2D eigenvalue weighted by Gasteiger charge is 2.47. The average Bonchev–Trinajstić information content (AvgIpc) is 3.67. The van der Waals surface area contributed by atoms with E-state index in [9.17, 15) is 14.7 Å². The van der Waals surface area contributed by atoms with E-state index in [2.05, 4.69) is 11.1 Å². The Balaban J connectivity index is 1.37. The summed E-state index contributed by atoms with van der Waals surface area (Å²) in [7, 11) is 0. The molecule has 1 saturated heterocycles. The molecule has 0 radical (unpaired) electrons. The quantitative estimate of drug-likeness (QED) is 0.201. The van der Waals surface area contributed by atoms with Gasteiger partial charge in [0, 0.05) is 31.0 Å². The monoisotopic (exact) mass is 497 g/mol. The van der Waals surface area contributed by atoms with Crippen LogP contribution >= 0.6 is 0 Å². The molecule has 1 N–H and O–H groups in total. The molecule has 2 aromatic carbocycles. The second-order valence-corrected chi connectivity index (χ2v) is 8.96. The summed E-state index contributed by atoms with van der Waals surface area (Å²) in [6.07, 6.45) is 7.32. The van der Waals surface area contributed by atoms with Crippen molar-refractivity contribution in [2.75, 3.05) is 6.54 Å². The lowest BCUT2D eigenvalue weighted by Gasteiger charge is -2.23. The minimum Gasteiger partial charge on any atom is -0.507 e. The Morgan fingerprint density at radius 2 is 1.92 bits per heavy atom. The zero-order valence-corrected chi connectivity index (χ0v) is 20.4. The predicted molar refractivity (Wildman–Crippen MR) is 137 cm³/mol. The smallest absolute Gasteiger partial charge is 0.295 e. The third-order valence-electron chi connectivity index (χ3n) is 6.34. The second-order valence-electron chi connectivity index (χ2n) is 8.96. The van der Waals surface area contributed by atoms with E-state index in [0.717, 1.165) is 11.1 Å². The van der Waals surface area contributed by atoms with Crippen LogP contribution in [0.3, 0.4) is 0 Å². The molecule has 1 aliphatic heterocycles. The van der Waals surface area contributed by atoms with Crippen LogP contribution in [0.1, 0.15) is 34.9 Å². The number of hydrogen-bond donors (Lipinski definition) is 1. The Labute approximate surface area is 214 Å². The van der Waals surface area contributed by atoms with E-state index in [1.807, 2.05) is 35.9 Å². The summed E-state index contributed by atoms with van der Waals surface area (Å²) in [5.74, 6) is -0.600. The standard InChI is InChI=1S/C29H27N3O5/c1-20-5-2-6-21(17-20)18-37-23-10-8-22(9-11-23)27(33)25-26(24-7-3-16-36-24)32(29(35)28(25)34)14-4-13-31-15-12-30-19-31/h2-3,5-12,15-17,19,26,33H,4,13-14,18H2,1H3/b27-25-. The Hall–Kier alpha value is -4.59. The van der Waals surface area contributed by atoms with Crippen LogP contribution in [-0.2, 0) is 22.7 Å². The van der Waals surface area contributed by atoms with Gasteiger partial charge in [-0.3, -0.25) is 9.59 Å². The number of carbonyl (C=O) groups is 2. The number of Topliss-reactive ketones (excluding diaryl/α,β-unsaturated/α-hetero) is 1. The number of amides is 1. The zero-order valence-electron chi connectivity index (χ0n) is 20.4. The minimum absolute atomic E-state index is 0.0102. The van der Waals surface area contributed by atoms with Gasteiger partial charge in [0.05, 0.1) is 18.2 Å². The molecule has 4 aromatic rings. The van der Waals surface area contributed by atoms with E-state index in [1.165, 1.54) is 11.2 Å². The van der Waals surface area contributed by atoms with Crippen LogP contribution in [0.25, 0.3) is 5.76 Å². The van der Waals surface area contributed by atoms with Gasteiger partial charge in [-0.2, -0.15) is 0 Å². The van der Waals surface area contributed by atoms with Crippen molar-refractivity contribution in [3.63, 3.8) is 0 Å². The lowest BCUT2D eigenvalue weighted by Crippen LogP contribution is -2.31. The number of aliphatic hydroxyl groups is 1. The van der Waals surface area contributed by atoms with Crippen molar-refractivity contribution in [2.45, 2.75) is 32.5 Å². The lowest BCUT2D eigenvalue weighted by molar-refractivity contribution is -0.140. The highest BCUT2D eigenvalue weighted by molar-refractivity contribution is 6.46. The molecule has 2 aromatic heterocycles. The number of carbonyl (C=O) groups excluding carboxylic acids is 2. The number of aryl methyl sites for hydroxylation is 2. The van der Waals surface area contributed by atoms with Crippen molar-refractivity contribution in [1.82, 2.24) is 14.5 Å². The van der Waals surface area contributed by atoms with Gasteiger partial charge in [-0.1, -0.05) is 29.8 Å². The largest absolute Gasteiger partial charge is 0.507 e. The average molecular weight is 498 g/mol. The second kappa shape index (κ2) is 10.6. The number of furan rings is 1. The van der Waals surface area contributed by atoms with Gasteiger partial charge >= 0.3 is 0 Å². The normalized spacial score (nSPS) is 16.9. The molecule has 1 aliphatic rings. The van der Waals surface area contributed by atoms with Crippen molar-refractivity contribution in [1.29, 1.82) is 0 Å². The van der Waals surface area contributed by atoms with E-state index < -0.39 is 17.7 Å². The van der Waals surface area contributed by atoms with Gasteiger partial charge in [-0.15, -0.1) is 0 Å². The minimum atomic E-state index is -0.810. The fourth-order valence-corrected chi connectivity index (χ4v) is 4.53. The van der Waals surface area contributed by atoms with Crippen molar-refractivity contribution < 1.29 is 23.8 Å². The van der Waals surface area contributed by atoms with Gasteiger partial charge in [0.2, 0.25) is 0 Å². The molecule has 8 nitrogen and oxygen atoms in total. The molecule has 8 heteroatoms. The molecule has 0 bridgehead atoms. The third kappa shape index (κ3) is 5.18. The van der Waals surface area contributed by atoms with Gasteiger partial charge in [-0.05, 0) is 55.3 Å². The molecule has 1 fully saturated rings. The van der Waals surface area contributed by atoms with E-state index in [0.29, 0.717) is 43.2 Å². The van der Waals surface area contributed by atoms with E-state index >= 15 is 0 Å². The number of hydrogen-bond acceptors (Lipinski definition) is 6. The summed E-state index contributed by atoms with van der Waals surface area (Å²) in [6.45, 7) is 3.39. The number of nitrogens with zero attached hydrogens (tertiary/aromatic N) is 3. The van der Waals surface area contributed by atoms with Gasteiger partial charge in [0.25, 0.3) is 11.7 Å². The van der Waals surface area contributed by atoms with Crippen LogP contribution in [0.15, 0.2) is 95.6 Å². The first kappa shape index (κ1) is 24.1. The number of benzene rings is 2. The number of rotatable bonds is 9. The Morgan fingerprint density at radius 3 is 2.62 bits per heavy atom. The Bertz CT molecular complexity index is 1410. The molecule has 1 amide bonds. The number of aromatic nitrogens is 2. The summed E-state index contributed by atoms with van der Waals surface area (Å²) in [5.41, 5.74) is 2.64. The predicted octanol–water partition coefficient (Wildman–Crippen LogP) is 4.88. The summed E-state index contributed by atoms with van der Waals surface area (Å²) in [4.78, 5) is 31.6. The lowest BCUT2D eigenvalue weighted by atomic mass is 9.99. The van der Waals surface area contributed by atoms with Gasteiger partial charge in [0.1, 0.15) is 29.9 Å². The maximum absolute atomic E-state index is 13.1. The zero-order chi connectivity index (χ0) is 25.8. The Morgan fingerprint density at radius 1 is 1.08 bits per heavy atom. The molecule has 1 unspecified atom stereocenters. The van der Waals surface area contributed by atoms with Gasteiger partial charge in [-0.25, -0.2) is 4.98 Å². The molecular formula is C29H27N3O5. The fraction of sp³-hybridized carbons (Fsp3) is 0.207. The van der Waals surface area contributed by atoms with Gasteiger partial charge < -0.3 is 23.7 Å². The highest BCUT2D eigenvalue weighted by Crippen LogP contribution is 2.39. The number of likely N-dealkylation sites (tertiary alicyclic amines) is 1. The molecular weight excluding hydrogens is 470 g/mol. The Kier molecular flexibility index (Phi) is 6.89. The molecule has 188 valence electrons. The maximum Gasteiger partial charge on any atom is 0.295 e. The first-order chi connectivity index (χ1) is 18.0. The summed E-state index contributed by atoms with van der Waals surface area (Å²) >= 11 is 0. The van der Waals surface area contributed by atoms with E-state index in [1.54, 1.807) is 48.9 Å².